The zero-order valence-electron chi connectivity index (χ0n) is 14.0. The SMILES string of the molecule is CNC(=O)Cn1c(CO)cnc1SCC(=O)Nc1cccc(OC)c1. The van der Waals surface area contributed by atoms with Gasteiger partial charge in [0, 0.05) is 18.8 Å². The van der Waals surface area contributed by atoms with Gasteiger partial charge in [-0.25, -0.2) is 4.98 Å². The van der Waals surface area contributed by atoms with Gasteiger partial charge in [-0.3, -0.25) is 9.59 Å². The normalized spacial score (nSPS) is 10.4. The average Bonchev–Trinajstić information content (AvgIpc) is 3.01. The first-order chi connectivity index (χ1) is 12.1. The Hall–Kier alpha value is -2.52. The van der Waals surface area contributed by atoms with Crippen molar-refractivity contribution >= 4 is 29.3 Å². The van der Waals surface area contributed by atoms with E-state index in [9.17, 15) is 14.7 Å². The van der Waals surface area contributed by atoms with Crippen LogP contribution in [0.25, 0.3) is 0 Å². The fourth-order valence-electron chi connectivity index (χ4n) is 2.05. The number of imidazole rings is 1. The lowest BCUT2D eigenvalue weighted by Crippen LogP contribution is -2.25. The molecule has 3 N–H and O–H groups in total. The molecule has 0 saturated heterocycles. The van der Waals surface area contributed by atoms with Crippen LogP contribution in [-0.2, 0) is 22.7 Å². The number of methoxy groups -OCH3 is 1. The summed E-state index contributed by atoms with van der Waals surface area (Å²) in [6.07, 6.45) is 1.49. The number of hydrogen-bond acceptors (Lipinski definition) is 6. The van der Waals surface area contributed by atoms with Crippen molar-refractivity contribution < 1.29 is 19.4 Å². The molecule has 2 aromatic rings. The highest BCUT2D eigenvalue weighted by molar-refractivity contribution is 7.99. The minimum Gasteiger partial charge on any atom is -0.497 e. The monoisotopic (exact) mass is 364 g/mol. The number of ether oxygens (including phenoxy) is 1. The fourth-order valence-corrected chi connectivity index (χ4v) is 2.85. The molecule has 25 heavy (non-hydrogen) atoms. The van der Waals surface area contributed by atoms with Gasteiger partial charge in [-0.2, -0.15) is 0 Å². The highest BCUT2D eigenvalue weighted by Gasteiger charge is 2.14. The summed E-state index contributed by atoms with van der Waals surface area (Å²) >= 11 is 1.19. The molecule has 0 aliphatic heterocycles. The van der Waals surface area contributed by atoms with E-state index in [-0.39, 0.29) is 30.7 Å². The second-order valence-electron chi connectivity index (χ2n) is 5.02. The van der Waals surface area contributed by atoms with E-state index in [0.717, 1.165) is 0 Å². The average molecular weight is 364 g/mol. The first kappa shape index (κ1) is 18.8. The van der Waals surface area contributed by atoms with Gasteiger partial charge < -0.3 is 25.0 Å². The number of aliphatic hydroxyl groups excluding tert-OH is 1. The molecule has 0 aliphatic rings. The molecular formula is C16H20N4O4S. The summed E-state index contributed by atoms with van der Waals surface area (Å²) in [6.45, 7) is -0.202. The number of aliphatic hydroxyl groups is 1. The fraction of sp³-hybridized carbons (Fsp3) is 0.312. The van der Waals surface area contributed by atoms with Gasteiger partial charge in [0.05, 0.1) is 31.4 Å². The maximum atomic E-state index is 12.1. The van der Waals surface area contributed by atoms with E-state index in [1.54, 1.807) is 35.9 Å². The van der Waals surface area contributed by atoms with Crippen molar-refractivity contribution in [3.63, 3.8) is 0 Å². The molecule has 1 aromatic heterocycles. The molecule has 1 aromatic carbocycles. The standard InChI is InChI=1S/C16H20N4O4S/c1-17-14(22)8-20-12(9-21)7-18-16(20)25-10-15(23)19-11-4-3-5-13(6-11)24-2/h3-7,21H,8-10H2,1-2H3,(H,17,22)(H,19,23). The molecule has 2 amide bonds. The number of likely N-dealkylation sites (N-methyl/N-ethyl adjacent to an activating group) is 1. The summed E-state index contributed by atoms with van der Waals surface area (Å²) in [5.74, 6) is 0.347. The summed E-state index contributed by atoms with van der Waals surface area (Å²) < 4.78 is 6.70. The number of thioether (sulfide) groups is 1. The topological polar surface area (TPSA) is 105 Å². The van der Waals surface area contributed by atoms with Crippen LogP contribution in [-0.4, -0.2) is 46.4 Å². The van der Waals surface area contributed by atoms with Crippen LogP contribution in [0.5, 0.6) is 5.75 Å². The number of aromatic nitrogens is 2. The number of benzene rings is 1. The van der Waals surface area contributed by atoms with E-state index in [0.29, 0.717) is 22.3 Å². The van der Waals surface area contributed by atoms with Crippen molar-refractivity contribution in [2.45, 2.75) is 18.3 Å². The number of carbonyl (C=O) groups excluding carboxylic acids is 2. The zero-order valence-corrected chi connectivity index (χ0v) is 14.8. The van der Waals surface area contributed by atoms with E-state index >= 15 is 0 Å². The number of rotatable bonds is 8. The second-order valence-corrected chi connectivity index (χ2v) is 5.96. The molecule has 8 nitrogen and oxygen atoms in total. The van der Waals surface area contributed by atoms with E-state index in [4.69, 9.17) is 4.74 Å². The molecule has 0 radical (unpaired) electrons. The van der Waals surface area contributed by atoms with Crippen molar-refractivity contribution in [2.24, 2.45) is 0 Å². The van der Waals surface area contributed by atoms with Crippen molar-refractivity contribution in [1.82, 2.24) is 14.9 Å². The van der Waals surface area contributed by atoms with Gasteiger partial charge in [0.2, 0.25) is 11.8 Å². The summed E-state index contributed by atoms with van der Waals surface area (Å²) in [5, 5.41) is 15.1. The Kier molecular flexibility index (Phi) is 6.84. The lowest BCUT2D eigenvalue weighted by molar-refractivity contribution is -0.121. The number of anilines is 1. The Labute approximate surface area is 149 Å². The third-order valence-corrected chi connectivity index (χ3v) is 4.32. The van der Waals surface area contributed by atoms with Crippen LogP contribution >= 0.6 is 11.8 Å². The minimum atomic E-state index is -0.236. The van der Waals surface area contributed by atoms with E-state index < -0.39 is 0 Å². The van der Waals surface area contributed by atoms with Gasteiger partial charge in [-0.15, -0.1) is 0 Å². The summed E-state index contributed by atoms with van der Waals surface area (Å²) in [7, 11) is 3.09. The molecule has 0 unspecified atom stereocenters. The highest BCUT2D eigenvalue weighted by atomic mass is 32.2. The Bertz CT molecular complexity index is 747. The molecule has 0 bridgehead atoms. The Balaban J connectivity index is 1.99. The summed E-state index contributed by atoms with van der Waals surface area (Å²) in [5.41, 5.74) is 1.15. The maximum absolute atomic E-state index is 12.1. The van der Waals surface area contributed by atoms with E-state index in [2.05, 4.69) is 15.6 Å². The quantitative estimate of drug-likeness (QED) is 0.600. The molecule has 0 fully saturated rings. The van der Waals surface area contributed by atoms with Gasteiger partial charge in [-0.05, 0) is 12.1 Å². The van der Waals surface area contributed by atoms with Crippen LogP contribution in [0.15, 0.2) is 35.6 Å². The predicted octanol–water partition coefficient (Wildman–Crippen LogP) is 0.861. The van der Waals surface area contributed by atoms with Crippen molar-refractivity contribution in [3.05, 3.63) is 36.2 Å². The Morgan fingerprint density at radius 1 is 1.36 bits per heavy atom. The molecule has 0 atom stereocenters. The first-order valence-electron chi connectivity index (χ1n) is 7.50. The molecular weight excluding hydrogens is 344 g/mol. The number of nitrogens with zero attached hydrogens (tertiary/aromatic N) is 2. The Morgan fingerprint density at radius 3 is 2.84 bits per heavy atom. The van der Waals surface area contributed by atoms with Crippen LogP contribution in [0.4, 0.5) is 5.69 Å². The number of amides is 2. The van der Waals surface area contributed by atoms with Crippen LogP contribution in [0.2, 0.25) is 0 Å². The molecule has 9 heteroatoms. The number of carbonyl (C=O) groups is 2. The molecule has 134 valence electrons. The summed E-state index contributed by atoms with van der Waals surface area (Å²) in [6, 6.07) is 7.06. The third kappa shape index (κ3) is 5.23. The van der Waals surface area contributed by atoms with Crippen LogP contribution in [0, 0.1) is 0 Å². The lowest BCUT2D eigenvalue weighted by Gasteiger charge is -2.10. The smallest absolute Gasteiger partial charge is 0.239 e. The van der Waals surface area contributed by atoms with Crippen molar-refractivity contribution in [2.75, 3.05) is 25.2 Å². The largest absolute Gasteiger partial charge is 0.497 e. The third-order valence-electron chi connectivity index (χ3n) is 3.33. The molecule has 0 aliphatic carbocycles. The molecule has 2 rings (SSSR count). The maximum Gasteiger partial charge on any atom is 0.239 e. The highest BCUT2D eigenvalue weighted by Crippen LogP contribution is 2.20. The van der Waals surface area contributed by atoms with Crippen molar-refractivity contribution in [3.8, 4) is 5.75 Å². The second kappa shape index (κ2) is 9.09. The lowest BCUT2D eigenvalue weighted by atomic mass is 10.3. The van der Waals surface area contributed by atoms with Crippen LogP contribution < -0.4 is 15.4 Å². The van der Waals surface area contributed by atoms with Gasteiger partial charge in [-0.1, -0.05) is 17.8 Å². The van der Waals surface area contributed by atoms with Crippen LogP contribution in [0.1, 0.15) is 5.69 Å². The zero-order chi connectivity index (χ0) is 18.2. The van der Waals surface area contributed by atoms with Gasteiger partial charge in [0.1, 0.15) is 12.3 Å². The Morgan fingerprint density at radius 2 is 2.16 bits per heavy atom. The van der Waals surface area contributed by atoms with Gasteiger partial charge in [0.25, 0.3) is 0 Å². The molecule has 1 heterocycles. The molecule has 0 saturated carbocycles. The van der Waals surface area contributed by atoms with Crippen molar-refractivity contribution in [1.29, 1.82) is 0 Å². The number of nitrogens with one attached hydrogen (secondary N) is 2. The van der Waals surface area contributed by atoms with Crippen LogP contribution in [0.3, 0.4) is 0 Å². The minimum absolute atomic E-state index is 0.0340. The summed E-state index contributed by atoms with van der Waals surface area (Å²) in [4.78, 5) is 27.9. The molecule has 0 spiro atoms. The van der Waals surface area contributed by atoms with Gasteiger partial charge >= 0.3 is 0 Å². The number of hydrogen-bond donors (Lipinski definition) is 3. The van der Waals surface area contributed by atoms with E-state index in [1.165, 1.54) is 25.0 Å². The first-order valence-corrected chi connectivity index (χ1v) is 8.48. The van der Waals surface area contributed by atoms with E-state index in [1.807, 2.05) is 0 Å². The predicted molar refractivity (Wildman–Crippen MR) is 94.6 cm³/mol. The van der Waals surface area contributed by atoms with Gasteiger partial charge in [0.15, 0.2) is 5.16 Å².